The predicted molar refractivity (Wildman–Crippen MR) is 95.5 cm³/mol. The first-order valence-electron chi connectivity index (χ1n) is 7.66. The van der Waals surface area contributed by atoms with Gasteiger partial charge in [-0.3, -0.25) is 0 Å². The smallest absolute Gasteiger partial charge is 0.416 e. The number of aromatic carboxylic acids is 1. The molecule has 0 aliphatic rings. The van der Waals surface area contributed by atoms with Crippen molar-refractivity contribution in [3.8, 4) is 10.4 Å². The molecule has 3 rings (SSSR count). The Bertz CT molecular complexity index is 934. The molecule has 0 unspecified atom stereocenters. The third kappa shape index (κ3) is 4.23. The van der Waals surface area contributed by atoms with Crippen LogP contribution in [0.2, 0.25) is 0 Å². The largest absolute Gasteiger partial charge is 0.477 e. The summed E-state index contributed by atoms with van der Waals surface area (Å²) in [5.41, 5.74) is 1.43. The summed E-state index contributed by atoms with van der Waals surface area (Å²) in [7, 11) is 0. The van der Waals surface area contributed by atoms with Gasteiger partial charge in [0.1, 0.15) is 4.88 Å². The number of hydrogen-bond donors (Lipinski definition) is 2. The number of anilines is 1. The number of nitrogens with one attached hydrogen (secondary N) is 1. The molecule has 0 radical (unpaired) electrons. The van der Waals surface area contributed by atoms with Crippen molar-refractivity contribution in [2.24, 2.45) is 0 Å². The molecule has 0 fully saturated rings. The normalized spacial score (nSPS) is 11.3. The SMILES string of the molecule is O=C(O)c1ccc(-c2cccc(CNc3cccc(C(F)(F)F)c3)c2)s1. The minimum absolute atomic E-state index is 0.257. The van der Waals surface area contributed by atoms with Gasteiger partial charge in [-0.25, -0.2) is 4.79 Å². The maximum Gasteiger partial charge on any atom is 0.416 e. The molecule has 7 heteroatoms. The standard InChI is InChI=1S/C19H14F3NO2S/c20-19(21,22)14-5-2-6-15(10-14)23-11-12-3-1-4-13(9-12)16-7-8-17(26-16)18(24)25/h1-10,23H,11H2,(H,24,25). The van der Waals surface area contributed by atoms with Gasteiger partial charge in [-0.2, -0.15) is 13.2 Å². The van der Waals surface area contributed by atoms with Crippen LogP contribution in [0, 0.1) is 0 Å². The summed E-state index contributed by atoms with van der Waals surface area (Å²) in [6.45, 7) is 0.353. The highest BCUT2D eigenvalue weighted by molar-refractivity contribution is 7.17. The van der Waals surface area contributed by atoms with Gasteiger partial charge in [-0.05, 0) is 47.5 Å². The van der Waals surface area contributed by atoms with E-state index < -0.39 is 17.7 Å². The fourth-order valence-corrected chi connectivity index (χ4v) is 3.29. The molecule has 2 N–H and O–H groups in total. The fourth-order valence-electron chi connectivity index (χ4n) is 2.45. The highest BCUT2D eigenvalue weighted by atomic mass is 32.1. The summed E-state index contributed by atoms with van der Waals surface area (Å²) in [5, 5.41) is 12.0. The van der Waals surface area contributed by atoms with Crippen LogP contribution in [0.3, 0.4) is 0 Å². The Hall–Kier alpha value is -2.80. The zero-order valence-corrected chi connectivity index (χ0v) is 14.2. The van der Waals surface area contributed by atoms with Crippen molar-refractivity contribution >= 4 is 23.0 Å². The Labute approximate surface area is 151 Å². The molecule has 1 aromatic heterocycles. The zero-order valence-electron chi connectivity index (χ0n) is 13.4. The first kappa shape index (κ1) is 18.0. The first-order chi connectivity index (χ1) is 12.3. The van der Waals surface area contributed by atoms with Crippen LogP contribution in [-0.2, 0) is 12.7 Å². The van der Waals surface area contributed by atoms with E-state index in [9.17, 15) is 18.0 Å². The number of rotatable bonds is 5. The molecule has 3 aromatic rings. The van der Waals surface area contributed by atoms with Gasteiger partial charge in [-0.1, -0.05) is 24.3 Å². The average molecular weight is 377 g/mol. The number of alkyl halides is 3. The van der Waals surface area contributed by atoms with Crippen LogP contribution in [0.1, 0.15) is 20.8 Å². The van der Waals surface area contributed by atoms with Gasteiger partial charge in [-0.15, -0.1) is 11.3 Å². The second-order valence-electron chi connectivity index (χ2n) is 5.60. The van der Waals surface area contributed by atoms with Crippen molar-refractivity contribution in [2.75, 3.05) is 5.32 Å². The van der Waals surface area contributed by atoms with Crippen LogP contribution in [0.5, 0.6) is 0 Å². The molecule has 0 saturated carbocycles. The van der Waals surface area contributed by atoms with E-state index in [1.807, 2.05) is 24.3 Å². The molecule has 0 aliphatic heterocycles. The topological polar surface area (TPSA) is 49.3 Å². The molecule has 2 aromatic carbocycles. The van der Waals surface area contributed by atoms with Gasteiger partial charge in [0, 0.05) is 17.1 Å². The van der Waals surface area contributed by atoms with E-state index in [2.05, 4.69) is 5.32 Å². The summed E-state index contributed by atoms with van der Waals surface area (Å²) >= 11 is 1.18. The molecular weight excluding hydrogens is 363 g/mol. The van der Waals surface area contributed by atoms with E-state index in [-0.39, 0.29) is 4.88 Å². The van der Waals surface area contributed by atoms with Crippen molar-refractivity contribution in [1.82, 2.24) is 0 Å². The third-order valence-electron chi connectivity index (χ3n) is 3.71. The fraction of sp³-hybridized carbons (Fsp3) is 0.105. The van der Waals surface area contributed by atoms with Crippen LogP contribution in [-0.4, -0.2) is 11.1 Å². The van der Waals surface area contributed by atoms with E-state index in [0.717, 1.165) is 28.1 Å². The molecule has 3 nitrogen and oxygen atoms in total. The third-order valence-corrected chi connectivity index (χ3v) is 4.84. The van der Waals surface area contributed by atoms with Crippen LogP contribution >= 0.6 is 11.3 Å². The first-order valence-corrected chi connectivity index (χ1v) is 8.48. The van der Waals surface area contributed by atoms with Crippen molar-refractivity contribution in [3.05, 3.63) is 76.7 Å². The Morgan fingerprint density at radius 1 is 1.04 bits per heavy atom. The maximum absolute atomic E-state index is 12.8. The van der Waals surface area contributed by atoms with Crippen LogP contribution < -0.4 is 5.32 Å². The lowest BCUT2D eigenvalue weighted by molar-refractivity contribution is -0.137. The Balaban J connectivity index is 1.74. The number of carboxylic acids is 1. The predicted octanol–water partition coefficient (Wildman–Crippen LogP) is 5.74. The quantitative estimate of drug-likeness (QED) is 0.596. The van der Waals surface area contributed by atoms with Crippen LogP contribution in [0.15, 0.2) is 60.7 Å². The summed E-state index contributed by atoms with van der Waals surface area (Å²) in [5.74, 6) is -0.969. The second-order valence-corrected chi connectivity index (χ2v) is 6.69. The number of halogens is 3. The molecule has 0 amide bonds. The summed E-state index contributed by atoms with van der Waals surface area (Å²) < 4.78 is 38.3. The lowest BCUT2D eigenvalue weighted by atomic mass is 10.1. The van der Waals surface area contributed by atoms with E-state index in [1.54, 1.807) is 18.2 Å². The highest BCUT2D eigenvalue weighted by Crippen LogP contribution is 2.31. The van der Waals surface area contributed by atoms with Crippen LogP contribution in [0.4, 0.5) is 18.9 Å². The summed E-state index contributed by atoms with van der Waals surface area (Å²) in [6, 6.07) is 15.8. The minimum atomic E-state index is -4.38. The van der Waals surface area contributed by atoms with Gasteiger partial charge in [0.2, 0.25) is 0 Å². The molecule has 0 spiro atoms. The van der Waals surface area contributed by atoms with Gasteiger partial charge in [0.25, 0.3) is 0 Å². The zero-order chi connectivity index (χ0) is 18.7. The molecule has 134 valence electrons. The van der Waals surface area contributed by atoms with Gasteiger partial charge >= 0.3 is 12.1 Å². The highest BCUT2D eigenvalue weighted by Gasteiger charge is 2.30. The molecule has 26 heavy (non-hydrogen) atoms. The lowest BCUT2D eigenvalue weighted by Crippen LogP contribution is -2.06. The van der Waals surface area contributed by atoms with E-state index in [0.29, 0.717) is 12.2 Å². The number of benzene rings is 2. The maximum atomic E-state index is 12.8. The van der Waals surface area contributed by atoms with Crippen LogP contribution in [0.25, 0.3) is 10.4 Å². The van der Waals surface area contributed by atoms with Crippen molar-refractivity contribution in [2.45, 2.75) is 12.7 Å². The molecule has 1 heterocycles. The lowest BCUT2D eigenvalue weighted by Gasteiger charge is -2.11. The van der Waals surface area contributed by atoms with E-state index in [4.69, 9.17) is 5.11 Å². The van der Waals surface area contributed by atoms with Crippen molar-refractivity contribution in [1.29, 1.82) is 0 Å². The molecule has 0 atom stereocenters. The van der Waals surface area contributed by atoms with Gasteiger partial charge in [0.05, 0.1) is 5.56 Å². The number of thiophene rings is 1. The summed E-state index contributed by atoms with van der Waals surface area (Å²) in [6.07, 6.45) is -4.38. The average Bonchev–Trinajstić information content (AvgIpc) is 3.10. The van der Waals surface area contributed by atoms with Gasteiger partial charge in [0.15, 0.2) is 0 Å². The molecule has 0 bridgehead atoms. The van der Waals surface area contributed by atoms with Crippen molar-refractivity contribution < 1.29 is 23.1 Å². The summed E-state index contributed by atoms with van der Waals surface area (Å²) in [4.78, 5) is 12.1. The Kier molecular flexibility index (Phi) is 4.99. The van der Waals surface area contributed by atoms with Crippen molar-refractivity contribution in [3.63, 3.8) is 0 Å². The number of carbonyl (C=O) groups is 1. The number of carboxylic acid groups (broad SMARTS) is 1. The minimum Gasteiger partial charge on any atom is -0.477 e. The molecule has 0 aliphatic carbocycles. The molecule has 0 saturated heterocycles. The number of hydrogen-bond acceptors (Lipinski definition) is 3. The van der Waals surface area contributed by atoms with Gasteiger partial charge < -0.3 is 10.4 Å². The van der Waals surface area contributed by atoms with E-state index in [1.165, 1.54) is 17.4 Å². The van der Waals surface area contributed by atoms with E-state index >= 15 is 0 Å². The second kappa shape index (κ2) is 7.21. The molecular formula is C19H14F3NO2S. The monoisotopic (exact) mass is 377 g/mol. The Morgan fingerprint density at radius 3 is 2.50 bits per heavy atom. The Morgan fingerprint density at radius 2 is 1.81 bits per heavy atom.